The standard InChI is InChI=1S/C14H17NOS/c1-14(2,3)9-7-11(13(16)15-4)10-5-6-17-12(10)8-9/h5-8H,1-4H3,(H,15,16). The molecule has 0 radical (unpaired) electrons. The van der Waals surface area contributed by atoms with Crippen molar-refractivity contribution in [1.29, 1.82) is 0 Å². The SMILES string of the molecule is CNC(=O)c1cc(C(C)(C)C)cc2sccc12. The van der Waals surface area contributed by atoms with E-state index >= 15 is 0 Å². The van der Waals surface area contributed by atoms with Crippen molar-refractivity contribution in [2.75, 3.05) is 7.05 Å². The first-order chi connectivity index (χ1) is 7.93. The normalized spacial score (nSPS) is 11.8. The molecule has 1 N–H and O–H groups in total. The molecule has 1 amide bonds. The van der Waals surface area contributed by atoms with Gasteiger partial charge in [0.05, 0.1) is 0 Å². The summed E-state index contributed by atoms with van der Waals surface area (Å²) in [5, 5.41) is 5.78. The zero-order valence-electron chi connectivity index (χ0n) is 10.6. The van der Waals surface area contributed by atoms with Gasteiger partial charge in [-0.05, 0) is 34.6 Å². The smallest absolute Gasteiger partial charge is 0.251 e. The fourth-order valence-electron chi connectivity index (χ4n) is 1.83. The second-order valence-electron chi connectivity index (χ2n) is 5.19. The van der Waals surface area contributed by atoms with Crippen molar-refractivity contribution in [3.05, 3.63) is 34.7 Å². The van der Waals surface area contributed by atoms with E-state index in [2.05, 4.69) is 32.2 Å². The van der Waals surface area contributed by atoms with Crippen LogP contribution in [0, 0.1) is 0 Å². The van der Waals surface area contributed by atoms with Gasteiger partial charge in [-0.3, -0.25) is 4.79 Å². The molecule has 0 aliphatic rings. The number of thiophene rings is 1. The number of fused-ring (bicyclic) bond motifs is 1. The summed E-state index contributed by atoms with van der Waals surface area (Å²) in [5.74, 6) is -0.0144. The van der Waals surface area contributed by atoms with Crippen LogP contribution in [0.4, 0.5) is 0 Å². The van der Waals surface area contributed by atoms with Crippen molar-refractivity contribution in [2.24, 2.45) is 0 Å². The third-order valence-electron chi connectivity index (χ3n) is 2.91. The van der Waals surface area contributed by atoms with E-state index in [1.54, 1.807) is 18.4 Å². The fraction of sp³-hybridized carbons (Fsp3) is 0.357. The monoisotopic (exact) mass is 247 g/mol. The largest absolute Gasteiger partial charge is 0.355 e. The van der Waals surface area contributed by atoms with Crippen LogP contribution in [0.5, 0.6) is 0 Å². The lowest BCUT2D eigenvalue weighted by atomic mass is 9.85. The number of carbonyl (C=O) groups excluding carboxylic acids is 1. The Hall–Kier alpha value is -1.35. The van der Waals surface area contributed by atoms with E-state index < -0.39 is 0 Å². The molecule has 0 aliphatic heterocycles. The zero-order valence-corrected chi connectivity index (χ0v) is 11.4. The molecule has 1 heterocycles. The molecule has 1 aromatic carbocycles. The lowest BCUT2D eigenvalue weighted by Gasteiger charge is -2.20. The molecule has 2 rings (SSSR count). The first kappa shape index (κ1) is 12.1. The number of benzene rings is 1. The Morgan fingerprint density at radius 3 is 2.59 bits per heavy atom. The minimum Gasteiger partial charge on any atom is -0.355 e. The molecule has 0 atom stereocenters. The maximum Gasteiger partial charge on any atom is 0.251 e. The molecular formula is C14H17NOS. The first-order valence-corrected chi connectivity index (χ1v) is 6.55. The minimum absolute atomic E-state index is 0.0144. The van der Waals surface area contributed by atoms with Gasteiger partial charge >= 0.3 is 0 Å². The van der Waals surface area contributed by atoms with Gasteiger partial charge in [-0.2, -0.15) is 0 Å². The van der Waals surface area contributed by atoms with Crippen molar-refractivity contribution >= 4 is 27.3 Å². The summed E-state index contributed by atoms with van der Waals surface area (Å²) in [4.78, 5) is 11.9. The van der Waals surface area contributed by atoms with E-state index in [0.717, 1.165) is 10.9 Å². The van der Waals surface area contributed by atoms with Gasteiger partial charge in [0.1, 0.15) is 0 Å². The average molecular weight is 247 g/mol. The molecule has 1 aromatic heterocycles. The maximum absolute atomic E-state index is 11.9. The lowest BCUT2D eigenvalue weighted by Crippen LogP contribution is -2.19. The van der Waals surface area contributed by atoms with Crippen LogP contribution in [0.3, 0.4) is 0 Å². The number of nitrogens with one attached hydrogen (secondary N) is 1. The Bertz CT molecular complexity index is 563. The zero-order chi connectivity index (χ0) is 12.6. The van der Waals surface area contributed by atoms with Crippen LogP contribution in [0.2, 0.25) is 0 Å². The van der Waals surface area contributed by atoms with Crippen LogP contribution in [0.1, 0.15) is 36.7 Å². The van der Waals surface area contributed by atoms with Gasteiger partial charge in [0.25, 0.3) is 5.91 Å². The summed E-state index contributed by atoms with van der Waals surface area (Å²) in [6.45, 7) is 6.49. The van der Waals surface area contributed by atoms with Gasteiger partial charge in [0.2, 0.25) is 0 Å². The molecule has 0 saturated carbocycles. The highest BCUT2D eigenvalue weighted by Gasteiger charge is 2.18. The van der Waals surface area contributed by atoms with Crippen LogP contribution >= 0.6 is 11.3 Å². The van der Waals surface area contributed by atoms with Gasteiger partial charge in [-0.15, -0.1) is 11.3 Å². The topological polar surface area (TPSA) is 29.1 Å². The van der Waals surface area contributed by atoms with E-state index in [9.17, 15) is 4.79 Å². The second-order valence-corrected chi connectivity index (χ2v) is 6.13. The number of rotatable bonds is 1. The predicted octanol–water partition coefficient (Wildman–Crippen LogP) is 3.56. The Balaban J connectivity index is 2.71. The van der Waals surface area contributed by atoms with E-state index in [0.29, 0.717) is 0 Å². The Labute approximate surface area is 106 Å². The Morgan fingerprint density at radius 2 is 2.00 bits per heavy atom. The van der Waals surface area contributed by atoms with Gasteiger partial charge in [-0.25, -0.2) is 0 Å². The van der Waals surface area contributed by atoms with E-state index in [4.69, 9.17) is 0 Å². The molecule has 2 aromatic rings. The molecule has 17 heavy (non-hydrogen) atoms. The summed E-state index contributed by atoms with van der Waals surface area (Å²) in [6.07, 6.45) is 0. The molecule has 3 heteroatoms. The summed E-state index contributed by atoms with van der Waals surface area (Å²) in [5.41, 5.74) is 2.03. The van der Waals surface area contributed by atoms with E-state index in [1.807, 2.05) is 17.5 Å². The van der Waals surface area contributed by atoms with Crippen molar-refractivity contribution in [3.63, 3.8) is 0 Å². The molecule has 0 saturated heterocycles. The van der Waals surface area contributed by atoms with Crippen LogP contribution in [-0.2, 0) is 5.41 Å². The average Bonchev–Trinajstić information content (AvgIpc) is 2.73. The van der Waals surface area contributed by atoms with Gasteiger partial charge in [-0.1, -0.05) is 20.8 Å². The summed E-state index contributed by atoms with van der Waals surface area (Å²) in [7, 11) is 1.67. The highest BCUT2D eigenvalue weighted by Crippen LogP contribution is 2.31. The van der Waals surface area contributed by atoms with Crippen LogP contribution < -0.4 is 5.32 Å². The number of carbonyl (C=O) groups is 1. The van der Waals surface area contributed by atoms with Gasteiger partial charge < -0.3 is 5.32 Å². The lowest BCUT2D eigenvalue weighted by molar-refractivity contribution is 0.0964. The summed E-state index contributed by atoms with van der Waals surface area (Å²) in [6, 6.07) is 6.21. The van der Waals surface area contributed by atoms with Crippen LogP contribution in [-0.4, -0.2) is 13.0 Å². The van der Waals surface area contributed by atoms with E-state index in [1.165, 1.54) is 10.3 Å². The van der Waals surface area contributed by atoms with Crippen LogP contribution in [0.25, 0.3) is 10.1 Å². The molecule has 0 bridgehead atoms. The molecule has 90 valence electrons. The van der Waals surface area contributed by atoms with E-state index in [-0.39, 0.29) is 11.3 Å². The number of hydrogen-bond acceptors (Lipinski definition) is 2. The third kappa shape index (κ3) is 2.20. The maximum atomic E-state index is 11.9. The molecule has 0 aliphatic carbocycles. The molecule has 2 nitrogen and oxygen atoms in total. The van der Waals surface area contributed by atoms with Crippen LogP contribution in [0.15, 0.2) is 23.6 Å². The summed E-state index contributed by atoms with van der Waals surface area (Å²) >= 11 is 1.68. The van der Waals surface area contributed by atoms with Crippen molar-refractivity contribution in [3.8, 4) is 0 Å². The first-order valence-electron chi connectivity index (χ1n) is 5.67. The minimum atomic E-state index is -0.0144. The quantitative estimate of drug-likeness (QED) is 0.820. The molecule has 0 unspecified atom stereocenters. The van der Waals surface area contributed by atoms with Crippen molar-refractivity contribution in [2.45, 2.75) is 26.2 Å². The highest BCUT2D eigenvalue weighted by atomic mass is 32.1. The summed E-state index contributed by atoms with van der Waals surface area (Å²) < 4.78 is 1.18. The Morgan fingerprint density at radius 1 is 1.29 bits per heavy atom. The predicted molar refractivity (Wildman–Crippen MR) is 73.9 cm³/mol. The van der Waals surface area contributed by atoms with Gasteiger partial charge in [0, 0.05) is 22.7 Å². The number of hydrogen-bond donors (Lipinski definition) is 1. The third-order valence-corrected chi connectivity index (χ3v) is 3.77. The molecular weight excluding hydrogens is 230 g/mol. The van der Waals surface area contributed by atoms with Crippen molar-refractivity contribution in [1.82, 2.24) is 5.32 Å². The fourth-order valence-corrected chi connectivity index (χ4v) is 2.68. The second kappa shape index (κ2) is 4.15. The Kier molecular flexibility index (Phi) is 2.96. The van der Waals surface area contributed by atoms with Crippen molar-refractivity contribution < 1.29 is 4.79 Å². The number of amides is 1. The highest BCUT2D eigenvalue weighted by molar-refractivity contribution is 7.17. The van der Waals surface area contributed by atoms with Gasteiger partial charge in [0.15, 0.2) is 0 Å². The molecule has 0 spiro atoms. The molecule has 0 fully saturated rings.